The largest absolute Gasteiger partial charge is 0.340 e. The predicted octanol–water partition coefficient (Wildman–Crippen LogP) is 5.02. The molecule has 0 saturated heterocycles. The summed E-state index contributed by atoms with van der Waals surface area (Å²) < 4.78 is 2.24. The molecule has 3 aromatic rings. The van der Waals surface area contributed by atoms with Gasteiger partial charge in [-0.3, -0.25) is 4.79 Å². The topological polar surface area (TPSA) is 48.0 Å². The standard InChI is InChI=1S/C21H22N2O.2ClH/c1-4-23-17-10-9-13(12(2)3)11-16(17)21(24)18-19(22)14-7-5-6-8-15(14)20(18)23;;/h5-12,19H,4,22H2,1-3H3;2*1H. The molecule has 1 heterocycles. The Kier molecular flexibility index (Phi) is 5.86. The van der Waals surface area contributed by atoms with Gasteiger partial charge in [-0.25, -0.2) is 0 Å². The van der Waals surface area contributed by atoms with Gasteiger partial charge in [-0.05, 0) is 36.1 Å². The van der Waals surface area contributed by atoms with Gasteiger partial charge >= 0.3 is 0 Å². The van der Waals surface area contributed by atoms with E-state index in [0.717, 1.165) is 39.8 Å². The zero-order valence-corrected chi connectivity index (χ0v) is 16.8. The van der Waals surface area contributed by atoms with Crippen LogP contribution in [0.2, 0.25) is 0 Å². The minimum Gasteiger partial charge on any atom is -0.340 e. The summed E-state index contributed by atoms with van der Waals surface area (Å²) in [5, 5.41) is 0.782. The minimum atomic E-state index is -0.339. The number of nitrogens with two attached hydrogens (primary N) is 1. The van der Waals surface area contributed by atoms with E-state index < -0.39 is 0 Å². The number of aryl methyl sites for hydroxylation is 1. The molecule has 138 valence electrons. The fourth-order valence-electron chi connectivity index (χ4n) is 3.90. The van der Waals surface area contributed by atoms with Crippen LogP contribution in [-0.2, 0) is 6.54 Å². The van der Waals surface area contributed by atoms with Crippen molar-refractivity contribution in [2.45, 2.75) is 39.3 Å². The smallest absolute Gasteiger partial charge is 0.195 e. The van der Waals surface area contributed by atoms with E-state index in [9.17, 15) is 4.79 Å². The lowest BCUT2D eigenvalue weighted by Crippen LogP contribution is -2.21. The lowest BCUT2D eigenvalue weighted by Gasteiger charge is -2.17. The number of benzene rings is 2. The first-order valence-corrected chi connectivity index (χ1v) is 8.59. The van der Waals surface area contributed by atoms with Gasteiger partial charge in [-0.15, -0.1) is 24.8 Å². The van der Waals surface area contributed by atoms with Crippen LogP contribution in [0, 0.1) is 0 Å². The van der Waals surface area contributed by atoms with Crippen LogP contribution in [0.5, 0.6) is 0 Å². The Hall–Kier alpha value is -1.81. The van der Waals surface area contributed by atoms with Crippen LogP contribution in [0.15, 0.2) is 47.3 Å². The summed E-state index contributed by atoms with van der Waals surface area (Å²) in [7, 11) is 0. The summed E-state index contributed by atoms with van der Waals surface area (Å²) in [4.78, 5) is 13.2. The maximum absolute atomic E-state index is 13.2. The second-order valence-electron chi connectivity index (χ2n) is 6.83. The van der Waals surface area contributed by atoms with Gasteiger partial charge in [0.2, 0.25) is 0 Å². The first kappa shape index (κ1) is 20.5. The van der Waals surface area contributed by atoms with Crippen LogP contribution in [-0.4, -0.2) is 4.57 Å². The molecule has 0 radical (unpaired) electrons. The van der Waals surface area contributed by atoms with Gasteiger partial charge in [0.05, 0.1) is 17.3 Å². The molecule has 5 heteroatoms. The van der Waals surface area contributed by atoms with Crippen molar-refractivity contribution in [3.8, 4) is 11.3 Å². The highest BCUT2D eigenvalue weighted by atomic mass is 35.5. The van der Waals surface area contributed by atoms with Crippen molar-refractivity contribution in [1.29, 1.82) is 0 Å². The fourth-order valence-corrected chi connectivity index (χ4v) is 3.90. The highest BCUT2D eigenvalue weighted by Crippen LogP contribution is 2.41. The zero-order valence-electron chi connectivity index (χ0n) is 15.2. The molecule has 3 nitrogen and oxygen atoms in total. The molecule has 26 heavy (non-hydrogen) atoms. The predicted molar refractivity (Wildman–Crippen MR) is 114 cm³/mol. The van der Waals surface area contributed by atoms with Crippen molar-refractivity contribution < 1.29 is 0 Å². The summed E-state index contributed by atoms with van der Waals surface area (Å²) >= 11 is 0. The average molecular weight is 391 g/mol. The lowest BCUT2D eigenvalue weighted by atomic mass is 9.98. The van der Waals surface area contributed by atoms with Crippen molar-refractivity contribution in [3.05, 3.63) is 69.4 Å². The Balaban J connectivity index is 0.00000121. The molecule has 2 aromatic carbocycles. The molecule has 1 aromatic heterocycles. The SMILES string of the molecule is CCn1c2c(c(=O)c3cc(C(C)C)ccc31)C(N)c1ccccc1-2.Cl.Cl. The van der Waals surface area contributed by atoms with Crippen molar-refractivity contribution in [1.82, 2.24) is 4.57 Å². The Morgan fingerprint density at radius 2 is 1.81 bits per heavy atom. The Bertz CT molecular complexity index is 1020. The average Bonchev–Trinajstić information content (AvgIpc) is 2.89. The van der Waals surface area contributed by atoms with Gasteiger partial charge in [-0.1, -0.05) is 44.2 Å². The summed E-state index contributed by atoms with van der Waals surface area (Å²) in [5.41, 5.74) is 12.6. The number of pyridine rings is 1. The summed E-state index contributed by atoms with van der Waals surface area (Å²) in [6, 6.07) is 14.0. The van der Waals surface area contributed by atoms with Gasteiger partial charge < -0.3 is 10.3 Å². The van der Waals surface area contributed by atoms with Crippen molar-refractivity contribution in [2.24, 2.45) is 5.73 Å². The van der Waals surface area contributed by atoms with Crippen molar-refractivity contribution >= 4 is 35.7 Å². The second kappa shape index (κ2) is 7.43. The maximum atomic E-state index is 13.2. The summed E-state index contributed by atoms with van der Waals surface area (Å²) in [6.07, 6.45) is 0. The molecule has 0 saturated carbocycles. The third-order valence-electron chi connectivity index (χ3n) is 5.17. The highest BCUT2D eigenvalue weighted by Gasteiger charge is 2.31. The van der Waals surface area contributed by atoms with E-state index >= 15 is 0 Å². The minimum absolute atomic E-state index is 0. The van der Waals surface area contributed by atoms with Crippen LogP contribution >= 0.6 is 24.8 Å². The van der Waals surface area contributed by atoms with Crippen LogP contribution < -0.4 is 11.2 Å². The van der Waals surface area contributed by atoms with Crippen LogP contribution in [0.1, 0.15) is 49.4 Å². The van der Waals surface area contributed by atoms with E-state index in [2.05, 4.69) is 43.5 Å². The van der Waals surface area contributed by atoms with E-state index in [1.165, 1.54) is 5.56 Å². The number of fused-ring (bicyclic) bond motifs is 4. The number of hydrogen-bond acceptors (Lipinski definition) is 2. The Morgan fingerprint density at radius 1 is 1.12 bits per heavy atom. The number of hydrogen-bond donors (Lipinski definition) is 1. The lowest BCUT2D eigenvalue weighted by molar-refractivity contribution is 0.784. The Morgan fingerprint density at radius 3 is 2.46 bits per heavy atom. The van der Waals surface area contributed by atoms with E-state index in [0.29, 0.717) is 5.92 Å². The number of rotatable bonds is 2. The fraction of sp³-hybridized carbons (Fsp3) is 0.286. The van der Waals surface area contributed by atoms with Crippen LogP contribution in [0.4, 0.5) is 0 Å². The highest BCUT2D eigenvalue weighted by molar-refractivity contribution is 5.88. The molecule has 0 spiro atoms. The first-order valence-electron chi connectivity index (χ1n) is 8.59. The molecule has 4 rings (SSSR count). The molecular weight excluding hydrogens is 367 g/mol. The second-order valence-corrected chi connectivity index (χ2v) is 6.83. The summed E-state index contributed by atoms with van der Waals surface area (Å²) in [6.45, 7) is 7.22. The van der Waals surface area contributed by atoms with Gasteiger partial charge in [0, 0.05) is 23.1 Å². The molecule has 0 amide bonds. The third-order valence-corrected chi connectivity index (χ3v) is 5.17. The quantitative estimate of drug-likeness (QED) is 0.667. The molecule has 0 bridgehead atoms. The molecule has 2 N–H and O–H groups in total. The third kappa shape index (κ3) is 2.75. The Labute approximate surface area is 166 Å². The van der Waals surface area contributed by atoms with Crippen molar-refractivity contribution in [3.63, 3.8) is 0 Å². The number of nitrogens with zero attached hydrogens (tertiary/aromatic N) is 1. The van der Waals surface area contributed by atoms with Crippen LogP contribution in [0.25, 0.3) is 22.2 Å². The van der Waals surface area contributed by atoms with Crippen molar-refractivity contribution in [2.75, 3.05) is 0 Å². The molecule has 0 aliphatic heterocycles. The zero-order chi connectivity index (χ0) is 17.0. The van der Waals surface area contributed by atoms with Gasteiger partial charge in [0.1, 0.15) is 0 Å². The molecule has 1 aliphatic carbocycles. The van der Waals surface area contributed by atoms with E-state index in [1.807, 2.05) is 24.3 Å². The first-order chi connectivity index (χ1) is 11.5. The molecule has 0 fully saturated rings. The molecular formula is C21H24Cl2N2O. The van der Waals surface area contributed by atoms with E-state index in [-0.39, 0.29) is 36.3 Å². The maximum Gasteiger partial charge on any atom is 0.195 e. The van der Waals surface area contributed by atoms with Gasteiger partial charge in [0.15, 0.2) is 5.43 Å². The number of aromatic nitrogens is 1. The van der Waals surface area contributed by atoms with Gasteiger partial charge in [0.25, 0.3) is 0 Å². The normalized spacial score (nSPS) is 14.6. The molecule has 1 unspecified atom stereocenters. The molecule has 1 aliphatic rings. The van der Waals surface area contributed by atoms with Crippen LogP contribution in [0.3, 0.4) is 0 Å². The number of halogens is 2. The molecule has 1 atom stereocenters. The van der Waals surface area contributed by atoms with E-state index in [1.54, 1.807) is 0 Å². The summed E-state index contributed by atoms with van der Waals surface area (Å²) in [5.74, 6) is 0.392. The van der Waals surface area contributed by atoms with Gasteiger partial charge in [-0.2, -0.15) is 0 Å². The monoisotopic (exact) mass is 390 g/mol. The van der Waals surface area contributed by atoms with E-state index in [4.69, 9.17) is 5.73 Å².